The molecule has 0 saturated heterocycles. The average molecular weight is 261 g/mol. The van der Waals surface area contributed by atoms with E-state index in [0.29, 0.717) is 12.8 Å². The Kier molecular flexibility index (Phi) is 3.79. The molecular formula is C13H15N3O3. The first-order valence-electron chi connectivity index (χ1n) is 6.12. The molecule has 19 heavy (non-hydrogen) atoms. The maximum Gasteiger partial charge on any atom is 0.238 e. The van der Waals surface area contributed by atoms with E-state index in [2.05, 4.69) is 5.43 Å². The van der Waals surface area contributed by atoms with Gasteiger partial charge in [0.05, 0.1) is 5.52 Å². The van der Waals surface area contributed by atoms with E-state index in [1.54, 1.807) is 17.8 Å². The van der Waals surface area contributed by atoms with Crippen molar-refractivity contribution in [1.82, 2.24) is 4.68 Å². The third kappa shape index (κ3) is 2.90. The number of para-hydroxylation sites is 1. The van der Waals surface area contributed by atoms with Crippen LogP contribution in [0.15, 0.2) is 30.5 Å². The zero-order valence-electron chi connectivity index (χ0n) is 10.6. The van der Waals surface area contributed by atoms with Gasteiger partial charge in [-0.05, 0) is 11.6 Å². The van der Waals surface area contributed by atoms with Gasteiger partial charge in [-0.2, -0.15) is 0 Å². The van der Waals surface area contributed by atoms with Gasteiger partial charge in [-0.3, -0.25) is 25.0 Å². The van der Waals surface area contributed by atoms with Gasteiger partial charge in [0, 0.05) is 29.3 Å². The van der Waals surface area contributed by atoms with E-state index in [1.165, 1.54) is 0 Å². The Labute approximate surface area is 110 Å². The van der Waals surface area contributed by atoms with Crippen LogP contribution in [0.5, 0.6) is 0 Å². The van der Waals surface area contributed by atoms with Crippen molar-refractivity contribution >= 4 is 16.8 Å². The molecule has 0 aliphatic rings. The Balaban J connectivity index is 2.36. The predicted molar refractivity (Wildman–Crippen MR) is 72.2 cm³/mol. The standard InChI is InChI=1S/C13H15N3O3/c1-2-13(17)14-15-9-10(7-8-16(18)19)11-5-3-4-6-12(11)15/h3-6,9H,2,7-8H2,1H3,(H,14,17). The van der Waals surface area contributed by atoms with Crippen molar-refractivity contribution in [3.63, 3.8) is 0 Å². The molecule has 1 aromatic carbocycles. The second kappa shape index (κ2) is 5.51. The molecule has 2 aromatic rings. The van der Waals surface area contributed by atoms with E-state index >= 15 is 0 Å². The minimum Gasteiger partial charge on any atom is -0.273 e. The van der Waals surface area contributed by atoms with Crippen molar-refractivity contribution in [2.24, 2.45) is 0 Å². The fraction of sp³-hybridized carbons (Fsp3) is 0.308. The van der Waals surface area contributed by atoms with Crippen molar-refractivity contribution < 1.29 is 9.72 Å². The van der Waals surface area contributed by atoms with Crippen LogP contribution in [0.2, 0.25) is 0 Å². The van der Waals surface area contributed by atoms with E-state index in [-0.39, 0.29) is 17.4 Å². The monoisotopic (exact) mass is 261 g/mol. The summed E-state index contributed by atoms with van der Waals surface area (Å²) in [5.74, 6) is -0.0958. The second-order valence-corrected chi connectivity index (χ2v) is 4.24. The summed E-state index contributed by atoms with van der Waals surface area (Å²) >= 11 is 0. The molecule has 0 atom stereocenters. The highest BCUT2D eigenvalue weighted by atomic mass is 16.6. The van der Waals surface area contributed by atoms with Crippen molar-refractivity contribution in [3.05, 3.63) is 46.1 Å². The lowest BCUT2D eigenvalue weighted by molar-refractivity contribution is -0.479. The molecule has 1 amide bonds. The number of hydrogen-bond donors (Lipinski definition) is 1. The molecule has 0 fully saturated rings. The van der Waals surface area contributed by atoms with Crippen LogP contribution in [-0.4, -0.2) is 22.1 Å². The van der Waals surface area contributed by atoms with E-state index < -0.39 is 0 Å². The highest BCUT2D eigenvalue weighted by Crippen LogP contribution is 2.20. The average Bonchev–Trinajstić information content (AvgIpc) is 2.75. The van der Waals surface area contributed by atoms with Gasteiger partial charge in [0.25, 0.3) is 0 Å². The quantitative estimate of drug-likeness (QED) is 0.660. The smallest absolute Gasteiger partial charge is 0.238 e. The van der Waals surface area contributed by atoms with Gasteiger partial charge in [0.1, 0.15) is 0 Å². The molecule has 0 radical (unpaired) electrons. The normalized spacial score (nSPS) is 10.6. The first-order valence-corrected chi connectivity index (χ1v) is 6.12. The number of rotatable bonds is 5. The molecule has 0 unspecified atom stereocenters. The van der Waals surface area contributed by atoms with Crippen LogP contribution >= 0.6 is 0 Å². The van der Waals surface area contributed by atoms with E-state index in [9.17, 15) is 14.9 Å². The van der Waals surface area contributed by atoms with Crippen molar-refractivity contribution in [2.75, 3.05) is 12.0 Å². The minimum absolute atomic E-state index is 0.0958. The summed E-state index contributed by atoms with van der Waals surface area (Å²) in [6, 6.07) is 7.53. The topological polar surface area (TPSA) is 77.2 Å². The summed E-state index contributed by atoms with van der Waals surface area (Å²) in [7, 11) is 0. The van der Waals surface area contributed by atoms with Crippen LogP contribution in [0.1, 0.15) is 18.9 Å². The van der Waals surface area contributed by atoms with Crippen LogP contribution in [-0.2, 0) is 11.2 Å². The summed E-state index contributed by atoms with van der Waals surface area (Å²) < 4.78 is 1.64. The molecular weight excluding hydrogens is 246 g/mol. The molecule has 1 heterocycles. The number of benzene rings is 1. The van der Waals surface area contributed by atoms with Crippen molar-refractivity contribution in [2.45, 2.75) is 19.8 Å². The molecule has 0 saturated carbocycles. The maximum absolute atomic E-state index is 11.5. The molecule has 0 aliphatic heterocycles. The fourth-order valence-electron chi connectivity index (χ4n) is 1.97. The fourth-order valence-corrected chi connectivity index (χ4v) is 1.97. The van der Waals surface area contributed by atoms with Gasteiger partial charge < -0.3 is 0 Å². The number of nitrogens with one attached hydrogen (secondary N) is 1. The summed E-state index contributed by atoms with van der Waals surface area (Å²) in [5, 5.41) is 11.4. The minimum atomic E-state index is -0.337. The summed E-state index contributed by atoms with van der Waals surface area (Å²) in [6.07, 6.45) is 2.49. The first-order chi connectivity index (χ1) is 9.11. The molecule has 6 nitrogen and oxygen atoms in total. The number of nitro groups is 1. The largest absolute Gasteiger partial charge is 0.273 e. The number of fused-ring (bicyclic) bond motifs is 1. The molecule has 0 aliphatic carbocycles. The van der Waals surface area contributed by atoms with E-state index in [4.69, 9.17) is 0 Å². The van der Waals surface area contributed by atoms with Crippen LogP contribution in [0.25, 0.3) is 10.9 Å². The maximum atomic E-state index is 11.5. The zero-order valence-corrected chi connectivity index (χ0v) is 10.6. The number of carbonyl (C=O) groups is 1. The van der Waals surface area contributed by atoms with Crippen LogP contribution < -0.4 is 5.43 Å². The Morgan fingerprint density at radius 1 is 1.42 bits per heavy atom. The van der Waals surface area contributed by atoms with Crippen LogP contribution in [0, 0.1) is 10.1 Å². The van der Waals surface area contributed by atoms with E-state index in [0.717, 1.165) is 16.5 Å². The molecule has 1 aromatic heterocycles. The summed E-state index contributed by atoms with van der Waals surface area (Å²) in [6.45, 7) is 1.66. The summed E-state index contributed by atoms with van der Waals surface area (Å²) in [5.41, 5.74) is 4.46. The Hall–Kier alpha value is -2.37. The van der Waals surface area contributed by atoms with Crippen molar-refractivity contribution in [3.8, 4) is 0 Å². The summed E-state index contributed by atoms with van der Waals surface area (Å²) in [4.78, 5) is 21.6. The lowest BCUT2D eigenvalue weighted by Gasteiger charge is -2.05. The molecule has 100 valence electrons. The van der Waals surface area contributed by atoms with Crippen LogP contribution in [0.4, 0.5) is 0 Å². The first kappa shape index (κ1) is 13.1. The third-order valence-electron chi connectivity index (χ3n) is 2.92. The number of nitrogens with zero attached hydrogens (tertiary/aromatic N) is 2. The molecule has 6 heteroatoms. The molecule has 2 rings (SSSR count). The third-order valence-corrected chi connectivity index (χ3v) is 2.92. The molecule has 0 spiro atoms. The molecule has 0 bridgehead atoms. The lowest BCUT2D eigenvalue weighted by Crippen LogP contribution is -2.20. The van der Waals surface area contributed by atoms with Crippen LogP contribution in [0.3, 0.4) is 0 Å². The predicted octanol–water partition coefficient (Wildman–Crippen LogP) is 1.94. The SMILES string of the molecule is CCC(=O)Nn1cc(CC[N+](=O)[O-])c2ccccc21. The number of carbonyl (C=O) groups excluding carboxylic acids is 1. The number of hydrogen-bond acceptors (Lipinski definition) is 3. The van der Waals surface area contributed by atoms with Gasteiger partial charge in [-0.15, -0.1) is 0 Å². The number of amides is 1. The van der Waals surface area contributed by atoms with Gasteiger partial charge in [0.2, 0.25) is 12.5 Å². The van der Waals surface area contributed by atoms with Crippen molar-refractivity contribution in [1.29, 1.82) is 0 Å². The number of aromatic nitrogens is 1. The zero-order chi connectivity index (χ0) is 13.8. The Morgan fingerprint density at radius 2 is 2.16 bits per heavy atom. The van der Waals surface area contributed by atoms with E-state index in [1.807, 2.05) is 24.3 Å². The van der Waals surface area contributed by atoms with Gasteiger partial charge in [-0.25, -0.2) is 0 Å². The Morgan fingerprint density at radius 3 is 2.84 bits per heavy atom. The lowest BCUT2D eigenvalue weighted by atomic mass is 10.1. The Bertz CT molecular complexity index is 619. The van der Waals surface area contributed by atoms with Gasteiger partial charge >= 0.3 is 0 Å². The highest BCUT2D eigenvalue weighted by Gasteiger charge is 2.11. The second-order valence-electron chi connectivity index (χ2n) is 4.24. The highest BCUT2D eigenvalue weighted by molar-refractivity contribution is 5.89. The molecule has 1 N–H and O–H groups in total. The van der Waals surface area contributed by atoms with Gasteiger partial charge in [-0.1, -0.05) is 25.1 Å². The van der Waals surface area contributed by atoms with Gasteiger partial charge in [0.15, 0.2) is 0 Å².